The van der Waals surface area contributed by atoms with Gasteiger partial charge < -0.3 is 15.2 Å². The fraction of sp³-hybridized carbons (Fsp3) is 0.600. The predicted molar refractivity (Wildman–Crippen MR) is 73.3 cm³/mol. The van der Waals surface area contributed by atoms with Gasteiger partial charge in [0.2, 0.25) is 0 Å². The third-order valence-corrected chi connectivity index (χ3v) is 2.25. The normalized spacial score (nSPS) is 18.6. The number of hydrogen-bond acceptors (Lipinski definition) is 5. The summed E-state index contributed by atoms with van der Waals surface area (Å²) in [5, 5.41) is 10.3. The molecule has 1 atom stereocenters. The fourth-order valence-corrected chi connectivity index (χ4v) is 1.50. The van der Waals surface area contributed by atoms with E-state index in [4.69, 9.17) is 4.52 Å². The molecule has 6 heteroatoms. The van der Waals surface area contributed by atoms with E-state index < -0.39 is 0 Å². The number of guanidine groups is 1. The Hall–Kier alpha value is -0.790. The summed E-state index contributed by atoms with van der Waals surface area (Å²) in [7, 11) is 0. The maximum Gasteiger partial charge on any atom is 0.191 e. The van der Waals surface area contributed by atoms with Gasteiger partial charge in [0.05, 0.1) is 12.2 Å². The first kappa shape index (κ1) is 13.3. The van der Waals surface area contributed by atoms with Crippen molar-refractivity contribution in [2.75, 3.05) is 13.1 Å². The Labute approximate surface area is 112 Å². The number of nitrogens with zero attached hydrogens (tertiary/aromatic N) is 2. The number of rotatable bonds is 3. The minimum absolute atomic E-state index is 0. The molecule has 0 saturated heterocycles. The number of nitrogens with one attached hydrogen (secondary N) is 2. The monoisotopic (exact) mass is 336 g/mol. The number of aliphatic imine (C=N–C) groups is 1. The van der Waals surface area contributed by atoms with Crippen LogP contribution in [0.15, 0.2) is 15.6 Å². The molecule has 1 unspecified atom stereocenters. The number of halogens is 1. The first-order chi connectivity index (χ1) is 7.24. The van der Waals surface area contributed by atoms with Crippen LogP contribution in [0.2, 0.25) is 0 Å². The highest BCUT2D eigenvalue weighted by Crippen LogP contribution is 2.02. The molecule has 0 radical (unpaired) electrons. The molecule has 5 nitrogen and oxygen atoms in total. The molecule has 0 aliphatic carbocycles. The lowest BCUT2D eigenvalue weighted by atomic mass is 10.3. The molecule has 1 aliphatic heterocycles. The van der Waals surface area contributed by atoms with Crippen LogP contribution in [0, 0.1) is 6.92 Å². The molecule has 1 aromatic rings. The molecule has 0 saturated carbocycles. The van der Waals surface area contributed by atoms with Crippen LogP contribution < -0.4 is 10.6 Å². The highest BCUT2D eigenvalue weighted by Gasteiger charge is 2.11. The van der Waals surface area contributed by atoms with Crippen molar-refractivity contribution < 1.29 is 4.52 Å². The molecule has 1 aliphatic rings. The molecule has 0 fully saturated rings. The van der Waals surface area contributed by atoms with E-state index in [1.807, 2.05) is 13.0 Å². The van der Waals surface area contributed by atoms with E-state index in [1.54, 1.807) is 0 Å². The molecule has 90 valence electrons. The quantitative estimate of drug-likeness (QED) is 0.811. The van der Waals surface area contributed by atoms with Crippen molar-refractivity contribution in [3.05, 3.63) is 17.5 Å². The second-order valence-corrected chi connectivity index (χ2v) is 3.85. The van der Waals surface area contributed by atoms with Gasteiger partial charge in [-0.1, -0.05) is 5.16 Å². The van der Waals surface area contributed by atoms with Gasteiger partial charge in [-0.3, -0.25) is 4.99 Å². The summed E-state index contributed by atoms with van der Waals surface area (Å²) in [6, 6.07) is 2.40. The Morgan fingerprint density at radius 1 is 1.62 bits per heavy atom. The lowest BCUT2D eigenvalue weighted by Gasteiger charge is -2.07. The lowest BCUT2D eigenvalue weighted by molar-refractivity contribution is 0.379. The summed E-state index contributed by atoms with van der Waals surface area (Å²) in [4.78, 5) is 4.30. The summed E-state index contributed by atoms with van der Waals surface area (Å²) in [5.74, 6) is 1.80. The molecule has 0 aromatic carbocycles. The molecule has 0 bridgehead atoms. The zero-order chi connectivity index (χ0) is 10.7. The minimum atomic E-state index is 0. The number of aryl methyl sites for hydroxylation is 1. The topological polar surface area (TPSA) is 62.5 Å². The molecular formula is C10H17IN4O. The summed E-state index contributed by atoms with van der Waals surface area (Å²) in [6.07, 6.45) is 0.829. The minimum Gasteiger partial charge on any atom is -0.361 e. The van der Waals surface area contributed by atoms with Crippen molar-refractivity contribution in [1.82, 2.24) is 15.8 Å². The second kappa shape index (κ2) is 6.07. The molecule has 2 N–H and O–H groups in total. The summed E-state index contributed by atoms with van der Waals surface area (Å²) in [6.45, 7) is 5.69. The van der Waals surface area contributed by atoms with E-state index >= 15 is 0 Å². The van der Waals surface area contributed by atoms with Gasteiger partial charge in [0.15, 0.2) is 5.96 Å². The molecule has 0 spiro atoms. The average molecular weight is 336 g/mol. The average Bonchev–Trinajstić information content (AvgIpc) is 2.76. The Morgan fingerprint density at radius 3 is 3.00 bits per heavy atom. The van der Waals surface area contributed by atoms with E-state index in [2.05, 4.69) is 27.7 Å². The van der Waals surface area contributed by atoms with Crippen molar-refractivity contribution >= 4 is 29.9 Å². The molecular weight excluding hydrogens is 319 g/mol. The van der Waals surface area contributed by atoms with Crippen LogP contribution in [-0.4, -0.2) is 30.2 Å². The highest BCUT2D eigenvalue weighted by atomic mass is 127. The largest absolute Gasteiger partial charge is 0.361 e. The number of aromatic nitrogens is 1. The van der Waals surface area contributed by atoms with Gasteiger partial charge in [-0.15, -0.1) is 24.0 Å². The van der Waals surface area contributed by atoms with Crippen molar-refractivity contribution in [1.29, 1.82) is 0 Å². The smallest absolute Gasteiger partial charge is 0.191 e. The van der Waals surface area contributed by atoms with Crippen LogP contribution in [0.5, 0.6) is 0 Å². The van der Waals surface area contributed by atoms with Crippen molar-refractivity contribution in [2.45, 2.75) is 26.3 Å². The fourth-order valence-electron chi connectivity index (χ4n) is 1.50. The first-order valence-corrected chi connectivity index (χ1v) is 5.21. The maximum atomic E-state index is 5.10. The van der Waals surface area contributed by atoms with Crippen molar-refractivity contribution in [3.8, 4) is 0 Å². The summed E-state index contributed by atoms with van der Waals surface area (Å²) < 4.78 is 5.10. The van der Waals surface area contributed by atoms with Crippen LogP contribution in [0.25, 0.3) is 0 Å². The van der Waals surface area contributed by atoms with E-state index in [-0.39, 0.29) is 24.0 Å². The second-order valence-electron chi connectivity index (χ2n) is 3.85. The standard InChI is InChI=1S/C10H16N4O.HI/c1-7-5-9(15-14-7)3-4-11-10-12-6-8(2)13-10;/h5,8H,3-4,6H2,1-2H3,(H2,11,12,13);1H. The van der Waals surface area contributed by atoms with Gasteiger partial charge in [0.1, 0.15) is 5.76 Å². The van der Waals surface area contributed by atoms with Crippen LogP contribution in [-0.2, 0) is 6.42 Å². The lowest BCUT2D eigenvalue weighted by Crippen LogP contribution is -2.38. The van der Waals surface area contributed by atoms with Gasteiger partial charge in [-0.25, -0.2) is 0 Å². The van der Waals surface area contributed by atoms with E-state index in [0.717, 1.165) is 36.9 Å². The first-order valence-electron chi connectivity index (χ1n) is 5.21. The summed E-state index contributed by atoms with van der Waals surface area (Å²) >= 11 is 0. The SMILES string of the molecule is Cc1cc(CCNC2=NCC(C)N2)on1.I. The van der Waals surface area contributed by atoms with E-state index in [1.165, 1.54) is 0 Å². The zero-order valence-corrected chi connectivity index (χ0v) is 11.8. The van der Waals surface area contributed by atoms with Crippen molar-refractivity contribution in [3.63, 3.8) is 0 Å². The zero-order valence-electron chi connectivity index (χ0n) is 9.49. The molecule has 0 amide bonds. The highest BCUT2D eigenvalue weighted by molar-refractivity contribution is 14.0. The van der Waals surface area contributed by atoms with Gasteiger partial charge in [-0.05, 0) is 13.8 Å². The van der Waals surface area contributed by atoms with Crippen LogP contribution in [0.1, 0.15) is 18.4 Å². The number of hydrogen-bond donors (Lipinski definition) is 2. The van der Waals surface area contributed by atoms with Crippen LogP contribution >= 0.6 is 24.0 Å². The Bertz CT molecular complexity index is 363. The summed E-state index contributed by atoms with van der Waals surface area (Å²) in [5.41, 5.74) is 0.926. The van der Waals surface area contributed by atoms with Gasteiger partial charge >= 0.3 is 0 Å². The predicted octanol–water partition coefficient (Wildman–Crippen LogP) is 1.08. The molecule has 1 aromatic heterocycles. The molecule has 2 rings (SSSR count). The molecule has 2 heterocycles. The third-order valence-electron chi connectivity index (χ3n) is 2.25. The third kappa shape index (κ3) is 3.66. The van der Waals surface area contributed by atoms with Crippen LogP contribution in [0.4, 0.5) is 0 Å². The van der Waals surface area contributed by atoms with Gasteiger partial charge in [0, 0.05) is 25.1 Å². The van der Waals surface area contributed by atoms with Crippen molar-refractivity contribution in [2.24, 2.45) is 4.99 Å². The maximum absolute atomic E-state index is 5.10. The van der Waals surface area contributed by atoms with E-state index in [9.17, 15) is 0 Å². The Balaban J connectivity index is 0.00000128. The Morgan fingerprint density at radius 2 is 2.44 bits per heavy atom. The van der Waals surface area contributed by atoms with Crippen LogP contribution in [0.3, 0.4) is 0 Å². The molecule has 16 heavy (non-hydrogen) atoms. The van der Waals surface area contributed by atoms with E-state index in [0.29, 0.717) is 6.04 Å². The van der Waals surface area contributed by atoms with Gasteiger partial charge in [0.25, 0.3) is 0 Å². The Kier molecular flexibility index (Phi) is 5.04. The van der Waals surface area contributed by atoms with Gasteiger partial charge in [-0.2, -0.15) is 0 Å².